The van der Waals surface area contributed by atoms with E-state index in [9.17, 15) is 0 Å². The number of hydrogen-bond donors (Lipinski definition) is 0. The molecule has 0 aromatic carbocycles. The van der Waals surface area contributed by atoms with Gasteiger partial charge >= 0.3 is 0 Å². The zero-order chi connectivity index (χ0) is 20.1. The molecule has 0 radical (unpaired) electrons. The molecule has 4 fully saturated rings. The average Bonchev–Trinajstić information content (AvgIpc) is 2.99. The molecule has 0 amide bonds. The molecule has 0 aliphatic heterocycles. The van der Waals surface area contributed by atoms with Gasteiger partial charge in [-0.1, -0.05) is 69.8 Å². The first-order chi connectivity index (χ1) is 13.3. The van der Waals surface area contributed by atoms with Gasteiger partial charge in [-0.05, 0) is 110 Å². The van der Waals surface area contributed by atoms with Crippen molar-refractivity contribution in [3.63, 3.8) is 0 Å². The van der Waals surface area contributed by atoms with Crippen molar-refractivity contribution in [2.75, 3.05) is 0 Å². The standard InChI is InChI=1S/C27H47Br/c1-18(2)7-6-8-19(3)23-11-12-24-22-10-9-20-17-21(28)13-15-26(20,4)25(22)14-16-27(23,24)5/h18-25H,6-17H2,1-5H3/t19-,20+,21-,22+,23+,24-,25-,26+,27-/m1/s1. The van der Waals surface area contributed by atoms with Crippen molar-refractivity contribution in [2.45, 2.75) is 116 Å². The van der Waals surface area contributed by atoms with Crippen molar-refractivity contribution in [3.8, 4) is 0 Å². The summed E-state index contributed by atoms with van der Waals surface area (Å²) in [5.41, 5.74) is 1.32. The van der Waals surface area contributed by atoms with Crippen LogP contribution in [0.25, 0.3) is 0 Å². The largest absolute Gasteiger partial charge is 0.0891 e. The van der Waals surface area contributed by atoms with Gasteiger partial charge in [0.05, 0.1) is 0 Å². The van der Waals surface area contributed by atoms with E-state index in [4.69, 9.17) is 0 Å². The molecule has 4 aliphatic rings. The summed E-state index contributed by atoms with van der Waals surface area (Å²) in [4.78, 5) is 0.804. The van der Waals surface area contributed by atoms with Gasteiger partial charge in [-0.2, -0.15) is 0 Å². The Balaban J connectivity index is 1.46. The molecule has 4 aliphatic carbocycles. The summed E-state index contributed by atoms with van der Waals surface area (Å²) in [5, 5.41) is 0. The van der Waals surface area contributed by atoms with Gasteiger partial charge in [0.15, 0.2) is 0 Å². The average molecular weight is 452 g/mol. The van der Waals surface area contributed by atoms with E-state index in [-0.39, 0.29) is 0 Å². The van der Waals surface area contributed by atoms with Crippen molar-refractivity contribution in [3.05, 3.63) is 0 Å². The smallest absolute Gasteiger partial charge is 0.0148 e. The second-order valence-corrected chi connectivity index (χ2v) is 13.9. The Bertz CT molecular complexity index is 540. The lowest BCUT2D eigenvalue weighted by atomic mass is 9.44. The van der Waals surface area contributed by atoms with E-state index in [1.807, 2.05) is 0 Å². The van der Waals surface area contributed by atoms with Gasteiger partial charge in [-0.15, -0.1) is 0 Å². The Morgan fingerprint density at radius 3 is 2.29 bits per heavy atom. The van der Waals surface area contributed by atoms with Crippen molar-refractivity contribution < 1.29 is 0 Å². The summed E-state index contributed by atoms with van der Waals surface area (Å²) in [6.45, 7) is 12.9. The van der Waals surface area contributed by atoms with Gasteiger partial charge in [0.25, 0.3) is 0 Å². The summed E-state index contributed by atoms with van der Waals surface area (Å²) in [6.07, 6.45) is 18.0. The first kappa shape index (κ1) is 21.7. The van der Waals surface area contributed by atoms with Gasteiger partial charge in [0.1, 0.15) is 0 Å². The van der Waals surface area contributed by atoms with Crippen molar-refractivity contribution >= 4 is 15.9 Å². The van der Waals surface area contributed by atoms with E-state index in [1.54, 1.807) is 19.3 Å². The molecule has 0 nitrogen and oxygen atoms in total. The highest BCUT2D eigenvalue weighted by molar-refractivity contribution is 9.09. The highest BCUT2D eigenvalue weighted by Gasteiger charge is 2.60. The zero-order valence-corrected chi connectivity index (χ0v) is 21.1. The van der Waals surface area contributed by atoms with Crippen LogP contribution in [-0.4, -0.2) is 4.83 Å². The summed E-state index contributed by atoms with van der Waals surface area (Å²) >= 11 is 3.97. The molecule has 0 N–H and O–H groups in total. The molecule has 0 aromatic heterocycles. The van der Waals surface area contributed by atoms with Crippen LogP contribution in [0, 0.1) is 52.3 Å². The quantitative estimate of drug-likeness (QED) is 0.366. The van der Waals surface area contributed by atoms with Crippen molar-refractivity contribution in [1.29, 1.82) is 0 Å². The predicted octanol–water partition coefficient (Wildman–Crippen LogP) is 8.87. The Hall–Kier alpha value is 0.480. The third-order valence-corrected chi connectivity index (χ3v) is 11.6. The van der Waals surface area contributed by atoms with Crippen LogP contribution >= 0.6 is 15.9 Å². The first-order valence-corrected chi connectivity index (χ1v) is 13.8. The van der Waals surface area contributed by atoms with Crippen LogP contribution in [-0.2, 0) is 0 Å². The minimum atomic E-state index is 0.661. The normalized spacial score (nSPS) is 49.4. The number of halogens is 1. The number of fused-ring (bicyclic) bond motifs is 5. The molecule has 0 spiro atoms. The van der Waals surface area contributed by atoms with E-state index in [1.165, 1.54) is 57.8 Å². The van der Waals surface area contributed by atoms with Gasteiger partial charge in [0.2, 0.25) is 0 Å². The second-order valence-electron chi connectivity index (χ2n) is 12.6. The van der Waals surface area contributed by atoms with Crippen LogP contribution in [0.1, 0.15) is 112 Å². The van der Waals surface area contributed by atoms with Crippen molar-refractivity contribution in [1.82, 2.24) is 0 Å². The Morgan fingerprint density at radius 2 is 1.54 bits per heavy atom. The van der Waals surface area contributed by atoms with Gasteiger partial charge < -0.3 is 0 Å². The Labute approximate surface area is 184 Å². The van der Waals surface area contributed by atoms with Crippen LogP contribution in [0.15, 0.2) is 0 Å². The highest BCUT2D eigenvalue weighted by Crippen LogP contribution is 2.68. The van der Waals surface area contributed by atoms with E-state index in [0.29, 0.717) is 10.8 Å². The molecule has 28 heavy (non-hydrogen) atoms. The summed E-state index contributed by atoms with van der Waals surface area (Å²) in [7, 11) is 0. The molecule has 0 bridgehead atoms. The maximum Gasteiger partial charge on any atom is 0.0148 e. The second kappa shape index (κ2) is 8.20. The zero-order valence-electron chi connectivity index (χ0n) is 19.5. The molecule has 4 rings (SSSR count). The molecule has 1 heteroatoms. The Morgan fingerprint density at radius 1 is 0.821 bits per heavy atom. The predicted molar refractivity (Wildman–Crippen MR) is 126 cm³/mol. The molecule has 0 aromatic rings. The van der Waals surface area contributed by atoms with E-state index in [0.717, 1.165) is 46.3 Å². The Kier molecular flexibility index (Phi) is 6.35. The molecule has 9 atom stereocenters. The van der Waals surface area contributed by atoms with Crippen LogP contribution in [0.3, 0.4) is 0 Å². The maximum absolute atomic E-state index is 3.97. The summed E-state index contributed by atoms with van der Waals surface area (Å²) in [5.74, 6) is 6.97. The topological polar surface area (TPSA) is 0 Å². The fraction of sp³-hybridized carbons (Fsp3) is 1.00. The summed E-state index contributed by atoms with van der Waals surface area (Å²) < 4.78 is 0. The maximum atomic E-state index is 3.97. The van der Waals surface area contributed by atoms with Gasteiger partial charge in [0, 0.05) is 4.83 Å². The lowest BCUT2D eigenvalue weighted by Gasteiger charge is -2.61. The van der Waals surface area contributed by atoms with Crippen LogP contribution in [0.2, 0.25) is 0 Å². The molecular formula is C27H47Br. The molecular weight excluding hydrogens is 404 g/mol. The third-order valence-electron chi connectivity index (χ3n) is 10.8. The molecule has 0 saturated heterocycles. The van der Waals surface area contributed by atoms with E-state index in [2.05, 4.69) is 50.5 Å². The first-order valence-electron chi connectivity index (χ1n) is 12.9. The number of alkyl halides is 1. The fourth-order valence-corrected chi connectivity index (χ4v) is 9.91. The lowest BCUT2D eigenvalue weighted by molar-refractivity contribution is -0.113. The number of hydrogen-bond acceptors (Lipinski definition) is 0. The third kappa shape index (κ3) is 3.67. The number of rotatable bonds is 5. The van der Waals surface area contributed by atoms with Gasteiger partial charge in [-0.25, -0.2) is 0 Å². The minimum absolute atomic E-state index is 0.661. The molecule has 4 saturated carbocycles. The van der Waals surface area contributed by atoms with E-state index >= 15 is 0 Å². The van der Waals surface area contributed by atoms with Gasteiger partial charge in [-0.3, -0.25) is 0 Å². The fourth-order valence-electron chi connectivity index (χ4n) is 9.23. The van der Waals surface area contributed by atoms with Crippen molar-refractivity contribution in [2.24, 2.45) is 52.3 Å². The van der Waals surface area contributed by atoms with Crippen LogP contribution < -0.4 is 0 Å². The van der Waals surface area contributed by atoms with Crippen LogP contribution in [0.5, 0.6) is 0 Å². The monoisotopic (exact) mass is 450 g/mol. The highest BCUT2D eigenvalue weighted by atomic mass is 79.9. The minimum Gasteiger partial charge on any atom is -0.0891 e. The van der Waals surface area contributed by atoms with Crippen LogP contribution in [0.4, 0.5) is 0 Å². The summed E-state index contributed by atoms with van der Waals surface area (Å²) in [6, 6.07) is 0. The molecule has 0 unspecified atom stereocenters. The van der Waals surface area contributed by atoms with E-state index < -0.39 is 0 Å². The molecule has 162 valence electrons. The molecule has 0 heterocycles. The lowest BCUT2D eigenvalue weighted by Crippen LogP contribution is -2.53. The SMILES string of the molecule is CC(C)CCC[C@@H](C)[C@@H]1CC[C@@H]2[C@@H]3CC[C@H]4C[C@H](Br)CC[C@]4(C)[C@@H]3CC[C@@]21C.